The summed E-state index contributed by atoms with van der Waals surface area (Å²) in [6.07, 6.45) is 0. The summed E-state index contributed by atoms with van der Waals surface area (Å²) in [4.78, 5) is 0. The molecule has 0 N–H and O–H groups in total. The molecule has 0 aliphatic carbocycles. The van der Waals surface area contributed by atoms with Crippen LogP contribution >= 0.6 is 46.0 Å². The zero-order valence-electron chi connectivity index (χ0n) is 6.73. The molecule has 0 heterocycles. The zero-order valence-corrected chi connectivity index (χ0v) is 11.0. The van der Waals surface area contributed by atoms with Crippen molar-refractivity contribution in [2.45, 2.75) is 13.8 Å². The molecule has 1 aromatic carbocycles. The lowest BCUT2D eigenvalue weighted by atomic mass is 10.1. The Kier molecular flexibility index (Phi) is 3.88. The molecule has 0 bridgehead atoms. The Morgan fingerprint density at radius 2 is 1.25 bits per heavy atom. The molecular weight excluding hydrogens is 382 g/mol. The number of halogens is 2. The van der Waals surface area contributed by atoms with E-state index in [1.54, 1.807) is 0 Å². The lowest BCUT2D eigenvalue weighted by Gasteiger charge is -2.07. The van der Waals surface area contributed by atoms with Gasteiger partial charge in [-0.25, -0.2) is 0 Å². The van der Waals surface area contributed by atoms with Gasteiger partial charge in [-0.05, 0) is 37.1 Å². The third-order valence-corrected chi connectivity index (χ3v) is 2.68. The first kappa shape index (κ1) is 10.4. The Balaban J connectivity index is 3.19. The van der Waals surface area contributed by atoms with E-state index in [0.717, 1.165) is 11.5 Å². The molecule has 0 radical (unpaired) electrons. The summed E-state index contributed by atoms with van der Waals surface area (Å²) in [7, 11) is 0. The van der Waals surface area contributed by atoms with Crippen LogP contribution in [-0.2, 0) is 0 Å². The maximum Gasteiger partial charge on any atom is 0.192 e. The van der Waals surface area contributed by atoms with Gasteiger partial charge in [-0.15, -0.1) is 0 Å². The normalized spacial score (nSPS) is 9.67. The van der Waals surface area contributed by atoms with E-state index in [-0.39, 0.29) is 0 Å². The molecule has 0 aromatic heterocycles. The highest BCUT2D eigenvalue weighted by atomic mass is 127. The van der Waals surface area contributed by atoms with E-state index >= 15 is 0 Å². The van der Waals surface area contributed by atoms with Crippen LogP contribution in [0.4, 0.5) is 0 Å². The number of hydrogen-bond donors (Lipinski definition) is 0. The van der Waals surface area contributed by atoms with Gasteiger partial charge >= 0.3 is 0 Å². The van der Waals surface area contributed by atoms with Crippen molar-refractivity contribution in [3.05, 3.63) is 23.3 Å². The maximum absolute atomic E-state index is 5.11. The monoisotopic (exact) mass is 390 g/mol. The summed E-state index contributed by atoms with van der Waals surface area (Å²) in [5.74, 6) is 1.54. The van der Waals surface area contributed by atoms with E-state index in [9.17, 15) is 0 Å². The van der Waals surface area contributed by atoms with Crippen LogP contribution in [0.25, 0.3) is 0 Å². The van der Waals surface area contributed by atoms with E-state index in [4.69, 9.17) is 6.13 Å². The van der Waals surface area contributed by atoms with Crippen molar-refractivity contribution < 1.29 is 6.13 Å². The molecule has 2 nitrogen and oxygen atoms in total. The fourth-order valence-electron chi connectivity index (χ4n) is 0.884. The summed E-state index contributed by atoms with van der Waals surface area (Å²) in [6.45, 7) is 4.09. The van der Waals surface area contributed by atoms with Crippen molar-refractivity contribution >= 4 is 46.0 Å². The van der Waals surface area contributed by atoms with Gasteiger partial charge in [0.15, 0.2) is 57.5 Å². The van der Waals surface area contributed by atoms with Crippen molar-refractivity contribution in [1.82, 2.24) is 0 Å². The van der Waals surface area contributed by atoms with E-state index in [1.807, 2.05) is 72.0 Å². The molecule has 0 aliphatic heterocycles. The molecule has 1 rings (SSSR count). The average Bonchev–Trinajstić information content (AvgIpc) is 2.09. The smallest absolute Gasteiger partial charge is 0.192 e. The largest absolute Gasteiger partial charge is 0.424 e. The second-order valence-electron chi connectivity index (χ2n) is 2.54. The molecule has 4 heteroatoms. The van der Waals surface area contributed by atoms with Gasteiger partial charge in [0.2, 0.25) is 0 Å². The standard InChI is InChI=1S/C8H8I2O2/c1-5-3-7(11-9)8(12-10)4-6(5)2/h3-4H,1-2H3. The average molecular weight is 390 g/mol. The Morgan fingerprint density at radius 3 is 1.50 bits per heavy atom. The molecular formula is C8H8I2O2. The molecule has 0 unspecified atom stereocenters. The fraction of sp³-hybridized carbons (Fsp3) is 0.250. The van der Waals surface area contributed by atoms with Crippen molar-refractivity contribution in [3.8, 4) is 11.5 Å². The van der Waals surface area contributed by atoms with Gasteiger partial charge in [0.1, 0.15) is 0 Å². The number of hydrogen-bond acceptors (Lipinski definition) is 2. The minimum absolute atomic E-state index is 0.771. The SMILES string of the molecule is Cc1cc(OI)c(OI)cc1C. The van der Waals surface area contributed by atoms with Gasteiger partial charge in [0, 0.05) is 0 Å². The van der Waals surface area contributed by atoms with Crippen LogP contribution < -0.4 is 6.13 Å². The molecule has 0 atom stereocenters. The second kappa shape index (κ2) is 4.50. The fourth-order valence-corrected chi connectivity index (χ4v) is 1.57. The van der Waals surface area contributed by atoms with Crippen LogP contribution in [0.2, 0.25) is 0 Å². The van der Waals surface area contributed by atoms with Crippen LogP contribution in [0.1, 0.15) is 11.1 Å². The minimum atomic E-state index is 0.771. The van der Waals surface area contributed by atoms with Crippen molar-refractivity contribution in [1.29, 1.82) is 0 Å². The quantitative estimate of drug-likeness (QED) is 0.717. The second-order valence-corrected chi connectivity index (χ2v) is 3.42. The first-order valence-corrected chi connectivity index (χ1v) is 5.13. The van der Waals surface area contributed by atoms with Crippen LogP contribution in [0.3, 0.4) is 0 Å². The molecule has 0 saturated carbocycles. The third-order valence-electron chi connectivity index (χ3n) is 1.73. The van der Waals surface area contributed by atoms with E-state index in [1.165, 1.54) is 11.1 Å². The maximum atomic E-state index is 5.11. The minimum Gasteiger partial charge on any atom is -0.424 e. The van der Waals surface area contributed by atoms with Crippen LogP contribution in [-0.4, -0.2) is 0 Å². The van der Waals surface area contributed by atoms with Gasteiger partial charge in [-0.2, -0.15) is 0 Å². The van der Waals surface area contributed by atoms with Gasteiger partial charge in [0.25, 0.3) is 0 Å². The first-order chi connectivity index (χ1) is 5.69. The predicted octanol–water partition coefficient (Wildman–Crippen LogP) is 3.76. The molecule has 0 saturated heterocycles. The van der Waals surface area contributed by atoms with Crippen molar-refractivity contribution in [2.24, 2.45) is 0 Å². The summed E-state index contributed by atoms with van der Waals surface area (Å²) >= 11 is 3.69. The van der Waals surface area contributed by atoms with Crippen LogP contribution in [0, 0.1) is 13.8 Å². The Bertz CT molecular complexity index is 258. The highest BCUT2D eigenvalue weighted by Gasteiger charge is 2.06. The molecule has 0 aliphatic rings. The summed E-state index contributed by atoms with van der Waals surface area (Å²) < 4.78 is 10.2. The molecule has 66 valence electrons. The Hall–Kier alpha value is 0.280. The van der Waals surface area contributed by atoms with Gasteiger partial charge in [0.05, 0.1) is 0 Å². The number of benzene rings is 1. The van der Waals surface area contributed by atoms with Gasteiger partial charge < -0.3 is 6.13 Å². The van der Waals surface area contributed by atoms with E-state index in [0.29, 0.717) is 0 Å². The van der Waals surface area contributed by atoms with Gasteiger partial charge in [-0.1, -0.05) is 0 Å². The summed E-state index contributed by atoms with van der Waals surface area (Å²) in [6, 6.07) is 3.94. The lowest BCUT2D eigenvalue weighted by Crippen LogP contribution is -1.86. The molecule has 1 aromatic rings. The first-order valence-electron chi connectivity index (χ1n) is 3.37. The van der Waals surface area contributed by atoms with Gasteiger partial charge in [-0.3, -0.25) is 0 Å². The topological polar surface area (TPSA) is 18.5 Å². The number of rotatable bonds is 2. The summed E-state index contributed by atoms with van der Waals surface area (Å²) in [5.41, 5.74) is 2.41. The Labute approximate surface area is 100 Å². The number of aryl methyl sites for hydroxylation is 2. The highest BCUT2D eigenvalue weighted by molar-refractivity contribution is 14.1. The van der Waals surface area contributed by atoms with Crippen molar-refractivity contribution in [2.75, 3.05) is 0 Å². The third kappa shape index (κ3) is 2.15. The molecule has 0 spiro atoms. The predicted molar refractivity (Wildman–Crippen MR) is 65.2 cm³/mol. The van der Waals surface area contributed by atoms with Crippen LogP contribution in [0.15, 0.2) is 12.1 Å². The summed E-state index contributed by atoms with van der Waals surface area (Å²) in [5, 5.41) is 0. The Morgan fingerprint density at radius 1 is 0.917 bits per heavy atom. The van der Waals surface area contributed by atoms with Crippen molar-refractivity contribution in [3.63, 3.8) is 0 Å². The molecule has 0 fully saturated rings. The highest BCUT2D eigenvalue weighted by Crippen LogP contribution is 2.32. The van der Waals surface area contributed by atoms with E-state index < -0.39 is 0 Å². The molecule has 12 heavy (non-hydrogen) atoms. The lowest BCUT2D eigenvalue weighted by molar-refractivity contribution is 0.634. The van der Waals surface area contributed by atoms with E-state index in [2.05, 4.69) is 0 Å². The molecule has 0 amide bonds. The zero-order chi connectivity index (χ0) is 9.14. The van der Waals surface area contributed by atoms with Crippen LogP contribution in [0.5, 0.6) is 11.5 Å².